The van der Waals surface area contributed by atoms with Gasteiger partial charge in [-0.05, 0) is 25.7 Å². The van der Waals surface area contributed by atoms with E-state index in [0.717, 1.165) is 23.1 Å². The number of halogens is 1. The summed E-state index contributed by atoms with van der Waals surface area (Å²) in [5, 5.41) is 0. The lowest BCUT2D eigenvalue weighted by molar-refractivity contribution is 0.604. The normalized spacial score (nSPS) is 17.0. The Hall–Kier alpha value is -0.830. The molecule has 1 aromatic rings. The van der Waals surface area contributed by atoms with Gasteiger partial charge in [-0.3, -0.25) is 0 Å². The first kappa shape index (κ1) is 13.6. The first-order valence-corrected chi connectivity index (χ1v) is 7.22. The van der Waals surface area contributed by atoms with Crippen LogP contribution in [0.1, 0.15) is 51.0 Å². The first-order chi connectivity index (χ1) is 8.54. The third-order valence-electron chi connectivity index (χ3n) is 3.80. The van der Waals surface area contributed by atoms with Crippen LogP contribution < -0.4 is 4.90 Å². The van der Waals surface area contributed by atoms with E-state index >= 15 is 0 Å². The van der Waals surface area contributed by atoms with Crippen LogP contribution in [0, 0.1) is 5.92 Å². The van der Waals surface area contributed by atoms with Gasteiger partial charge in [0, 0.05) is 19.0 Å². The van der Waals surface area contributed by atoms with E-state index in [1.54, 1.807) is 0 Å². The molecule has 0 N–H and O–H groups in total. The second-order valence-electron chi connectivity index (χ2n) is 5.54. The largest absolute Gasteiger partial charge is 0.369 e. The SMILES string of the molecule is CC(C)c1ncc(N(C)C(C)C2CC2)c(CCl)n1. The average molecular weight is 268 g/mol. The molecular weight excluding hydrogens is 246 g/mol. The molecule has 1 atom stereocenters. The number of nitrogens with zero attached hydrogens (tertiary/aromatic N) is 3. The van der Waals surface area contributed by atoms with Crippen LogP contribution in [0.3, 0.4) is 0 Å². The summed E-state index contributed by atoms with van der Waals surface area (Å²) in [4.78, 5) is 11.3. The van der Waals surface area contributed by atoms with Crippen molar-refractivity contribution in [3.8, 4) is 0 Å². The maximum atomic E-state index is 6.04. The molecule has 0 amide bonds. The number of rotatable bonds is 5. The van der Waals surface area contributed by atoms with Crippen molar-refractivity contribution < 1.29 is 0 Å². The second-order valence-corrected chi connectivity index (χ2v) is 5.80. The summed E-state index contributed by atoms with van der Waals surface area (Å²) < 4.78 is 0. The smallest absolute Gasteiger partial charge is 0.131 e. The molecule has 0 spiro atoms. The zero-order valence-corrected chi connectivity index (χ0v) is 12.4. The molecule has 2 rings (SSSR count). The van der Waals surface area contributed by atoms with Crippen molar-refractivity contribution in [1.29, 1.82) is 0 Å². The van der Waals surface area contributed by atoms with Gasteiger partial charge in [0.1, 0.15) is 5.82 Å². The maximum absolute atomic E-state index is 6.04. The molecule has 0 aliphatic heterocycles. The van der Waals surface area contributed by atoms with Crippen molar-refractivity contribution in [2.75, 3.05) is 11.9 Å². The molecule has 0 bridgehead atoms. The summed E-state index contributed by atoms with van der Waals surface area (Å²) in [6.45, 7) is 6.47. The zero-order chi connectivity index (χ0) is 13.3. The molecule has 1 heterocycles. The van der Waals surface area contributed by atoms with Crippen LogP contribution in [0.5, 0.6) is 0 Å². The van der Waals surface area contributed by atoms with Crippen LogP contribution in [-0.2, 0) is 5.88 Å². The lowest BCUT2D eigenvalue weighted by atomic mass is 10.1. The quantitative estimate of drug-likeness (QED) is 0.764. The van der Waals surface area contributed by atoms with E-state index < -0.39 is 0 Å². The Morgan fingerprint density at radius 2 is 2.06 bits per heavy atom. The van der Waals surface area contributed by atoms with E-state index in [2.05, 4.69) is 42.7 Å². The maximum Gasteiger partial charge on any atom is 0.131 e. The van der Waals surface area contributed by atoms with Crippen molar-refractivity contribution in [3.05, 3.63) is 17.7 Å². The Bertz CT molecular complexity index is 416. The van der Waals surface area contributed by atoms with E-state index in [9.17, 15) is 0 Å². The van der Waals surface area contributed by atoms with Crippen molar-refractivity contribution in [3.63, 3.8) is 0 Å². The summed E-state index contributed by atoms with van der Waals surface area (Å²) in [5.74, 6) is 2.48. The molecule has 100 valence electrons. The summed E-state index contributed by atoms with van der Waals surface area (Å²) >= 11 is 6.04. The van der Waals surface area contributed by atoms with Crippen molar-refractivity contribution >= 4 is 17.3 Å². The van der Waals surface area contributed by atoms with Gasteiger partial charge in [0.15, 0.2) is 0 Å². The topological polar surface area (TPSA) is 29.0 Å². The van der Waals surface area contributed by atoms with Gasteiger partial charge in [-0.25, -0.2) is 9.97 Å². The van der Waals surface area contributed by atoms with Gasteiger partial charge in [-0.15, -0.1) is 11.6 Å². The van der Waals surface area contributed by atoms with Gasteiger partial charge in [0.05, 0.1) is 23.5 Å². The zero-order valence-electron chi connectivity index (χ0n) is 11.7. The lowest BCUT2D eigenvalue weighted by Crippen LogP contribution is -2.31. The van der Waals surface area contributed by atoms with Gasteiger partial charge >= 0.3 is 0 Å². The summed E-state index contributed by atoms with van der Waals surface area (Å²) in [6, 6.07) is 0.542. The summed E-state index contributed by atoms with van der Waals surface area (Å²) in [6.07, 6.45) is 4.61. The highest BCUT2D eigenvalue weighted by Crippen LogP contribution is 2.36. The van der Waals surface area contributed by atoms with Crippen LogP contribution in [0.4, 0.5) is 5.69 Å². The van der Waals surface area contributed by atoms with Gasteiger partial charge < -0.3 is 4.90 Å². The van der Waals surface area contributed by atoms with Crippen LogP contribution in [0.25, 0.3) is 0 Å². The average Bonchev–Trinajstić information content (AvgIpc) is 3.20. The highest BCUT2D eigenvalue weighted by atomic mass is 35.5. The highest BCUT2D eigenvalue weighted by molar-refractivity contribution is 6.17. The molecule has 4 heteroatoms. The van der Waals surface area contributed by atoms with Crippen LogP contribution in [0.15, 0.2) is 6.20 Å². The Balaban J connectivity index is 2.25. The van der Waals surface area contributed by atoms with E-state index in [4.69, 9.17) is 11.6 Å². The third-order valence-corrected chi connectivity index (χ3v) is 4.06. The first-order valence-electron chi connectivity index (χ1n) is 6.69. The van der Waals surface area contributed by atoms with Crippen molar-refractivity contribution in [2.45, 2.75) is 51.5 Å². The minimum atomic E-state index is 0.340. The van der Waals surface area contributed by atoms with Gasteiger partial charge in [0.25, 0.3) is 0 Å². The molecule has 0 radical (unpaired) electrons. The fourth-order valence-electron chi connectivity index (χ4n) is 2.21. The fraction of sp³-hybridized carbons (Fsp3) is 0.714. The van der Waals surface area contributed by atoms with E-state index in [1.165, 1.54) is 12.8 Å². The molecular formula is C14H22ClN3. The third kappa shape index (κ3) is 2.77. The Labute approximate surface area is 115 Å². The van der Waals surface area contributed by atoms with Gasteiger partial charge in [0.2, 0.25) is 0 Å². The molecule has 1 unspecified atom stereocenters. The molecule has 0 saturated heterocycles. The molecule has 1 aromatic heterocycles. The van der Waals surface area contributed by atoms with Gasteiger partial charge in [-0.1, -0.05) is 13.8 Å². The molecule has 1 aliphatic rings. The fourth-order valence-corrected chi connectivity index (χ4v) is 2.41. The van der Waals surface area contributed by atoms with Crippen molar-refractivity contribution in [1.82, 2.24) is 9.97 Å². The number of aromatic nitrogens is 2. The molecule has 1 aliphatic carbocycles. The molecule has 1 fully saturated rings. The van der Waals surface area contributed by atoms with E-state index in [-0.39, 0.29) is 0 Å². The Morgan fingerprint density at radius 1 is 1.39 bits per heavy atom. The monoisotopic (exact) mass is 267 g/mol. The Kier molecular flexibility index (Phi) is 4.10. The van der Waals surface area contributed by atoms with E-state index in [1.807, 2.05) is 6.20 Å². The number of anilines is 1. The van der Waals surface area contributed by atoms with E-state index in [0.29, 0.717) is 17.8 Å². The van der Waals surface area contributed by atoms with Crippen LogP contribution in [0.2, 0.25) is 0 Å². The molecule has 3 nitrogen and oxygen atoms in total. The predicted octanol–water partition coefficient (Wildman–Crippen LogP) is 3.57. The number of hydrogen-bond acceptors (Lipinski definition) is 3. The molecule has 0 aromatic carbocycles. The number of alkyl halides is 1. The van der Waals surface area contributed by atoms with Crippen molar-refractivity contribution in [2.24, 2.45) is 5.92 Å². The predicted molar refractivity (Wildman–Crippen MR) is 76.3 cm³/mol. The molecule has 18 heavy (non-hydrogen) atoms. The molecule has 1 saturated carbocycles. The van der Waals surface area contributed by atoms with Crippen LogP contribution in [-0.4, -0.2) is 23.1 Å². The standard InChI is InChI=1S/C14H22ClN3/c1-9(2)14-16-8-13(12(7-15)17-14)18(4)10(3)11-5-6-11/h8-11H,5-7H2,1-4H3. The Morgan fingerprint density at radius 3 is 2.56 bits per heavy atom. The number of hydrogen-bond donors (Lipinski definition) is 0. The summed E-state index contributed by atoms with van der Waals surface area (Å²) in [7, 11) is 2.12. The van der Waals surface area contributed by atoms with Crippen LogP contribution >= 0.6 is 11.6 Å². The second kappa shape index (κ2) is 5.43. The minimum Gasteiger partial charge on any atom is -0.369 e. The lowest BCUT2D eigenvalue weighted by Gasteiger charge is -2.28. The highest BCUT2D eigenvalue weighted by Gasteiger charge is 2.31. The minimum absolute atomic E-state index is 0.340. The van der Waals surface area contributed by atoms with Gasteiger partial charge in [-0.2, -0.15) is 0 Å². The summed E-state index contributed by atoms with van der Waals surface area (Å²) in [5.41, 5.74) is 2.03.